The molecule has 124 valence electrons. The van der Waals surface area contributed by atoms with Crippen LogP contribution in [0.1, 0.15) is 48.9 Å². The first-order valence-electron chi connectivity index (χ1n) is 7.63. The number of aromatic nitrogens is 3. The van der Waals surface area contributed by atoms with Crippen molar-refractivity contribution in [1.82, 2.24) is 14.9 Å². The minimum atomic E-state index is -0.301. The van der Waals surface area contributed by atoms with Gasteiger partial charge in [0.25, 0.3) is 0 Å². The molecule has 2 N–H and O–H groups in total. The molecule has 0 atom stereocenters. The van der Waals surface area contributed by atoms with Gasteiger partial charge < -0.3 is 10.6 Å². The number of aryl methyl sites for hydroxylation is 1. The zero-order valence-electron chi connectivity index (χ0n) is 13.7. The lowest BCUT2D eigenvalue weighted by Gasteiger charge is -2.08. The van der Waals surface area contributed by atoms with E-state index in [-0.39, 0.29) is 12.1 Å². The zero-order valence-corrected chi connectivity index (χ0v) is 14.5. The van der Waals surface area contributed by atoms with Crippen LogP contribution in [0.5, 0.6) is 0 Å². The average molecular weight is 334 g/mol. The van der Waals surface area contributed by atoms with Crippen molar-refractivity contribution in [3.8, 4) is 0 Å². The van der Waals surface area contributed by atoms with Gasteiger partial charge in [-0.25, -0.2) is 9.47 Å². The molecule has 0 aliphatic carbocycles. The molecular formula is C16H22N4O2S. The van der Waals surface area contributed by atoms with Crippen LogP contribution in [0.25, 0.3) is 0 Å². The molecule has 7 heteroatoms. The predicted octanol–water partition coefficient (Wildman–Crippen LogP) is 2.80. The Bertz CT molecular complexity index is 653. The molecule has 1 heterocycles. The highest BCUT2D eigenvalue weighted by atomic mass is 32.2. The lowest BCUT2D eigenvalue weighted by Crippen LogP contribution is -2.13. The minimum Gasteiger partial charge on any atom is -0.459 e. The largest absolute Gasteiger partial charge is 0.459 e. The molecule has 2 rings (SSSR count). The lowest BCUT2D eigenvalue weighted by atomic mass is 10.1. The van der Waals surface area contributed by atoms with Gasteiger partial charge in [0.05, 0.1) is 11.7 Å². The molecule has 0 spiro atoms. The Hall–Kier alpha value is -2.02. The molecule has 0 radical (unpaired) electrons. The Morgan fingerprint density at radius 2 is 2.00 bits per heavy atom. The van der Waals surface area contributed by atoms with Gasteiger partial charge in [-0.15, -0.1) is 10.2 Å². The summed E-state index contributed by atoms with van der Waals surface area (Å²) in [5.74, 6) is 7.18. The highest BCUT2D eigenvalue weighted by Gasteiger charge is 2.11. The summed E-state index contributed by atoms with van der Waals surface area (Å²) in [6, 6.07) is 7.37. The summed E-state index contributed by atoms with van der Waals surface area (Å²) in [5, 5.41) is 8.88. The number of carbonyl (C=O) groups is 1. The van der Waals surface area contributed by atoms with E-state index in [0.717, 1.165) is 24.2 Å². The summed E-state index contributed by atoms with van der Waals surface area (Å²) < 4.78 is 6.71. The minimum absolute atomic E-state index is 0.119. The van der Waals surface area contributed by atoms with Gasteiger partial charge in [-0.1, -0.05) is 30.8 Å². The highest BCUT2D eigenvalue weighted by Crippen LogP contribution is 2.21. The second kappa shape index (κ2) is 8.01. The number of nitrogens with two attached hydrogens (primary N) is 1. The molecule has 0 unspecified atom stereocenters. The number of rotatable bonds is 7. The van der Waals surface area contributed by atoms with Gasteiger partial charge in [0.15, 0.2) is 5.82 Å². The summed E-state index contributed by atoms with van der Waals surface area (Å²) >= 11 is 1.52. The molecule has 0 amide bonds. The lowest BCUT2D eigenvalue weighted by molar-refractivity contribution is 0.0378. The van der Waals surface area contributed by atoms with Crippen molar-refractivity contribution in [2.24, 2.45) is 0 Å². The first kappa shape index (κ1) is 17.3. The summed E-state index contributed by atoms with van der Waals surface area (Å²) in [6.07, 6.45) is 1.68. The maximum Gasteiger partial charge on any atom is 0.338 e. The van der Waals surface area contributed by atoms with Crippen LogP contribution in [0.3, 0.4) is 0 Å². The second-order valence-corrected chi connectivity index (χ2v) is 6.40. The van der Waals surface area contributed by atoms with E-state index in [4.69, 9.17) is 10.6 Å². The van der Waals surface area contributed by atoms with E-state index < -0.39 is 0 Å². The number of esters is 1. The Labute approximate surface area is 140 Å². The molecule has 0 saturated heterocycles. The summed E-state index contributed by atoms with van der Waals surface area (Å²) in [5.41, 5.74) is 1.64. The molecule has 2 aromatic rings. The van der Waals surface area contributed by atoms with Crippen LogP contribution in [0.2, 0.25) is 0 Å². The van der Waals surface area contributed by atoms with Crippen molar-refractivity contribution in [1.29, 1.82) is 0 Å². The van der Waals surface area contributed by atoms with Gasteiger partial charge in [-0.3, -0.25) is 0 Å². The zero-order chi connectivity index (χ0) is 16.8. The SMILES string of the molecule is CCCc1nnc(SCc2ccc(C(=O)OC(C)C)cc2)n1N. The predicted molar refractivity (Wildman–Crippen MR) is 90.7 cm³/mol. The van der Waals surface area contributed by atoms with E-state index in [1.54, 1.807) is 16.8 Å². The fourth-order valence-electron chi connectivity index (χ4n) is 1.97. The quantitative estimate of drug-likeness (QED) is 0.476. The number of nitrogen functional groups attached to an aromatic ring is 1. The van der Waals surface area contributed by atoms with Crippen LogP contribution >= 0.6 is 11.8 Å². The Morgan fingerprint density at radius 3 is 2.61 bits per heavy atom. The van der Waals surface area contributed by atoms with Gasteiger partial charge in [0, 0.05) is 12.2 Å². The average Bonchev–Trinajstić information content (AvgIpc) is 2.86. The van der Waals surface area contributed by atoms with Crippen molar-refractivity contribution >= 4 is 17.7 Å². The third-order valence-electron chi connectivity index (χ3n) is 3.11. The van der Waals surface area contributed by atoms with Crippen LogP contribution in [0.4, 0.5) is 0 Å². The van der Waals surface area contributed by atoms with Crippen LogP contribution in [0, 0.1) is 0 Å². The fourth-order valence-corrected chi connectivity index (χ4v) is 2.80. The van der Waals surface area contributed by atoms with Gasteiger partial charge in [-0.05, 0) is 38.0 Å². The maximum absolute atomic E-state index is 11.8. The van der Waals surface area contributed by atoms with Crippen LogP contribution < -0.4 is 5.84 Å². The number of thioether (sulfide) groups is 1. The van der Waals surface area contributed by atoms with Crippen LogP contribution in [-0.2, 0) is 16.9 Å². The first-order valence-corrected chi connectivity index (χ1v) is 8.62. The number of hydrogen-bond acceptors (Lipinski definition) is 6. The molecule has 1 aromatic carbocycles. The van der Waals surface area contributed by atoms with Gasteiger partial charge in [0.2, 0.25) is 5.16 Å². The van der Waals surface area contributed by atoms with Crippen LogP contribution in [0.15, 0.2) is 29.4 Å². The summed E-state index contributed by atoms with van der Waals surface area (Å²) in [7, 11) is 0. The molecule has 0 fully saturated rings. The number of benzene rings is 1. The van der Waals surface area contributed by atoms with Crippen molar-refractivity contribution < 1.29 is 9.53 Å². The van der Waals surface area contributed by atoms with E-state index >= 15 is 0 Å². The third kappa shape index (κ3) is 4.72. The standard InChI is InChI=1S/C16H22N4O2S/c1-4-5-14-18-19-16(20(14)17)23-10-12-6-8-13(9-7-12)15(21)22-11(2)3/h6-9,11H,4-5,10,17H2,1-3H3. The maximum atomic E-state index is 11.8. The van der Waals surface area contributed by atoms with Crippen LogP contribution in [-0.4, -0.2) is 26.9 Å². The molecular weight excluding hydrogens is 312 g/mol. The number of nitrogens with zero attached hydrogens (tertiary/aromatic N) is 3. The number of carbonyl (C=O) groups excluding carboxylic acids is 1. The van der Waals surface area contributed by atoms with Crippen molar-refractivity contribution in [2.45, 2.75) is 50.6 Å². The van der Waals surface area contributed by atoms with E-state index in [2.05, 4.69) is 17.1 Å². The van der Waals surface area contributed by atoms with E-state index in [1.807, 2.05) is 26.0 Å². The normalized spacial score (nSPS) is 11.0. The number of hydrogen-bond donors (Lipinski definition) is 1. The molecule has 0 saturated carbocycles. The van der Waals surface area contributed by atoms with E-state index in [9.17, 15) is 4.79 Å². The van der Waals surface area contributed by atoms with Crippen molar-refractivity contribution in [3.63, 3.8) is 0 Å². The summed E-state index contributed by atoms with van der Waals surface area (Å²) in [4.78, 5) is 11.8. The Kier molecular flexibility index (Phi) is 6.04. The molecule has 1 aromatic heterocycles. The van der Waals surface area contributed by atoms with Crippen molar-refractivity contribution in [2.75, 3.05) is 5.84 Å². The van der Waals surface area contributed by atoms with Gasteiger partial charge >= 0.3 is 5.97 Å². The highest BCUT2D eigenvalue weighted by molar-refractivity contribution is 7.98. The third-order valence-corrected chi connectivity index (χ3v) is 4.12. The van der Waals surface area contributed by atoms with Gasteiger partial charge in [0.1, 0.15) is 0 Å². The fraction of sp³-hybridized carbons (Fsp3) is 0.438. The van der Waals surface area contributed by atoms with E-state index in [0.29, 0.717) is 16.5 Å². The second-order valence-electron chi connectivity index (χ2n) is 5.46. The Balaban J connectivity index is 1.95. The molecule has 0 aliphatic rings. The number of ether oxygens (including phenoxy) is 1. The van der Waals surface area contributed by atoms with Gasteiger partial charge in [-0.2, -0.15) is 0 Å². The Morgan fingerprint density at radius 1 is 1.30 bits per heavy atom. The van der Waals surface area contributed by atoms with E-state index in [1.165, 1.54) is 11.8 Å². The smallest absolute Gasteiger partial charge is 0.338 e. The monoisotopic (exact) mass is 334 g/mol. The molecule has 23 heavy (non-hydrogen) atoms. The molecule has 6 nitrogen and oxygen atoms in total. The summed E-state index contributed by atoms with van der Waals surface area (Å²) in [6.45, 7) is 5.74. The molecule has 0 bridgehead atoms. The van der Waals surface area contributed by atoms with Crippen molar-refractivity contribution in [3.05, 3.63) is 41.2 Å². The first-order chi connectivity index (χ1) is 11.0. The molecule has 0 aliphatic heterocycles. The topological polar surface area (TPSA) is 83.0 Å².